The van der Waals surface area contributed by atoms with Crippen LogP contribution in [0.5, 0.6) is 5.75 Å². The molecule has 1 aliphatic rings. The molecule has 0 fully saturated rings. The smallest absolute Gasteiger partial charge is 0.186 e. The summed E-state index contributed by atoms with van der Waals surface area (Å²) < 4.78 is 7.48. The third-order valence-corrected chi connectivity index (χ3v) is 4.32. The molecule has 3 rings (SSSR count). The Morgan fingerprint density at radius 2 is 2.28 bits per heavy atom. The fraction of sp³-hybridized carbons (Fsp3) is 0.333. The van der Waals surface area contributed by atoms with Gasteiger partial charge in [-0.15, -0.1) is 0 Å². The van der Waals surface area contributed by atoms with E-state index in [0.29, 0.717) is 6.61 Å². The lowest BCUT2D eigenvalue weighted by atomic mass is 10.0. The summed E-state index contributed by atoms with van der Waals surface area (Å²) in [5.74, 6) is 0.889. The lowest BCUT2D eigenvalue weighted by molar-refractivity contribution is 0.275. The van der Waals surface area contributed by atoms with Gasteiger partial charge in [0.2, 0.25) is 0 Å². The number of thioether (sulfide) groups is 1. The van der Waals surface area contributed by atoms with Gasteiger partial charge in [0.25, 0.3) is 0 Å². The maximum absolute atomic E-state index is 6.30. The van der Waals surface area contributed by atoms with Crippen LogP contribution in [-0.4, -0.2) is 26.6 Å². The number of para-hydroxylation sites is 1. The van der Waals surface area contributed by atoms with Crippen LogP contribution in [0.3, 0.4) is 0 Å². The van der Waals surface area contributed by atoms with E-state index < -0.39 is 0 Å². The van der Waals surface area contributed by atoms with Gasteiger partial charge >= 0.3 is 0 Å². The molecule has 2 heterocycles. The number of aromatic nitrogens is 3. The number of ether oxygens (including phenoxy) is 1. The van der Waals surface area contributed by atoms with Gasteiger partial charge in [-0.05, 0) is 6.07 Å². The highest BCUT2D eigenvalue weighted by atomic mass is 32.2. The summed E-state index contributed by atoms with van der Waals surface area (Å²) in [5.41, 5.74) is 7.36. The predicted octanol–water partition coefficient (Wildman–Crippen LogP) is 1.37. The molecule has 0 saturated carbocycles. The van der Waals surface area contributed by atoms with Gasteiger partial charge in [-0.2, -0.15) is 5.10 Å². The molecule has 2 N–H and O–H groups in total. The highest BCUT2D eigenvalue weighted by molar-refractivity contribution is 7.99. The van der Waals surface area contributed by atoms with E-state index in [4.69, 9.17) is 10.5 Å². The summed E-state index contributed by atoms with van der Waals surface area (Å²) in [6, 6.07) is 7.87. The predicted molar refractivity (Wildman–Crippen MR) is 69.5 cm³/mol. The molecule has 0 aliphatic carbocycles. The lowest BCUT2D eigenvalue weighted by Gasteiger charge is -2.30. The summed E-state index contributed by atoms with van der Waals surface area (Å²) in [6.45, 7) is 0.593. The second kappa shape index (κ2) is 4.62. The van der Waals surface area contributed by atoms with Crippen molar-refractivity contribution in [3.63, 3.8) is 0 Å². The first kappa shape index (κ1) is 11.6. The van der Waals surface area contributed by atoms with Crippen molar-refractivity contribution in [2.24, 2.45) is 12.8 Å². The molecule has 2 unspecified atom stereocenters. The molecule has 2 aromatic rings. The van der Waals surface area contributed by atoms with Crippen molar-refractivity contribution in [1.29, 1.82) is 0 Å². The zero-order chi connectivity index (χ0) is 12.5. The minimum absolute atomic E-state index is 0.0448. The zero-order valence-electron chi connectivity index (χ0n) is 9.98. The van der Waals surface area contributed by atoms with Gasteiger partial charge < -0.3 is 10.5 Å². The molecule has 0 saturated heterocycles. The topological polar surface area (TPSA) is 66.0 Å². The summed E-state index contributed by atoms with van der Waals surface area (Å²) in [5, 5.41) is 5.07. The average Bonchev–Trinajstić information content (AvgIpc) is 2.79. The average molecular weight is 262 g/mol. The second-order valence-electron chi connectivity index (χ2n) is 4.20. The van der Waals surface area contributed by atoms with E-state index in [1.165, 1.54) is 0 Å². The molecular weight excluding hydrogens is 248 g/mol. The minimum Gasteiger partial charge on any atom is -0.492 e. The molecule has 5 nitrogen and oxygen atoms in total. The lowest BCUT2D eigenvalue weighted by Crippen LogP contribution is -2.33. The van der Waals surface area contributed by atoms with Gasteiger partial charge in [0.15, 0.2) is 5.16 Å². The first-order valence-corrected chi connectivity index (χ1v) is 6.61. The Morgan fingerprint density at radius 3 is 3.06 bits per heavy atom. The number of benzene rings is 1. The Labute approximate surface area is 109 Å². The fourth-order valence-electron chi connectivity index (χ4n) is 2.00. The van der Waals surface area contributed by atoms with Crippen LogP contribution in [0.25, 0.3) is 0 Å². The third-order valence-electron chi connectivity index (χ3n) is 3.01. The molecule has 1 aromatic carbocycles. The van der Waals surface area contributed by atoms with Gasteiger partial charge in [-0.3, -0.25) is 0 Å². The summed E-state index contributed by atoms with van der Waals surface area (Å²) in [7, 11) is 1.87. The largest absolute Gasteiger partial charge is 0.492 e. The molecule has 0 radical (unpaired) electrons. The summed E-state index contributed by atoms with van der Waals surface area (Å²) in [4.78, 5) is 4.20. The van der Waals surface area contributed by atoms with E-state index in [1.54, 1.807) is 22.8 Å². The number of aryl methyl sites for hydroxylation is 1. The third kappa shape index (κ3) is 1.97. The van der Waals surface area contributed by atoms with Crippen molar-refractivity contribution < 1.29 is 4.74 Å². The standard InChI is InChI=1S/C12H14N4OS/c1-16-12(14-7-15-16)18-10-6-17-9-5-3-2-4-8(9)11(10)13/h2-5,7,10-11H,6,13H2,1H3. The fourth-order valence-corrected chi connectivity index (χ4v) is 3.01. The first-order chi connectivity index (χ1) is 8.75. The Balaban J connectivity index is 1.83. The maximum atomic E-state index is 6.30. The molecule has 0 spiro atoms. The molecule has 1 aromatic heterocycles. The van der Waals surface area contributed by atoms with E-state index in [-0.39, 0.29) is 11.3 Å². The van der Waals surface area contributed by atoms with Gasteiger partial charge in [0, 0.05) is 18.7 Å². The number of nitrogens with two attached hydrogens (primary N) is 1. The van der Waals surface area contributed by atoms with Gasteiger partial charge in [0.1, 0.15) is 18.7 Å². The van der Waals surface area contributed by atoms with Crippen LogP contribution in [0.2, 0.25) is 0 Å². The monoisotopic (exact) mass is 262 g/mol. The highest BCUT2D eigenvalue weighted by Gasteiger charge is 2.29. The molecule has 0 amide bonds. The van der Waals surface area contributed by atoms with Crippen LogP contribution >= 0.6 is 11.8 Å². The zero-order valence-corrected chi connectivity index (χ0v) is 10.8. The van der Waals surface area contributed by atoms with Gasteiger partial charge in [0.05, 0.1) is 5.25 Å². The van der Waals surface area contributed by atoms with Gasteiger partial charge in [-0.25, -0.2) is 9.67 Å². The van der Waals surface area contributed by atoms with E-state index in [0.717, 1.165) is 16.5 Å². The van der Waals surface area contributed by atoms with Crippen LogP contribution in [0.1, 0.15) is 11.6 Å². The van der Waals surface area contributed by atoms with E-state index in [1.807, 2.05) is 31.3 Å². The van der Waals surface area contributed by atoms with Crippen LogP contribution in [0.15, 0.2) is 35.7 Å². The van der Waals surface area contributed by atoms with Crippen LogP contribution in [0, 0.1) is 0 Å². The Bertz CT molecular complexity index is 557. The number of rotatable bonds is 2. The highest BCUT2D eigenvalue weighted by Crippen LogP contribution is 2.37. The van der Waals surface area contributed by atoms with E-state index in [9.17, 15) is 0 Å². The number of hydrogen-bond acceptors (Lipinski definition) is 5. The maximum Gasteiger partial charge on any atom is 0.186 e. The van der Waals surface area contributed by atoms with Crippen molar-refractivity contribution in [3.8, 4) is 5.75 Å². The number of hydrogen-bond donors (Lipinski definition) is 1. The molecule has 1 aliphatic heterocycles. The molecule has 0 bridgehead atoms. The van der Waals surface area contributed by atoms with Crippen molar-refractivity contribution in [3.05, 3.63) is 36.2 Å². The van der Waals surface area contributed by atoms with Crippen LogP contribution in [-0.2, 0) is 7.05 Å². The van der Waals surface area contributed by atoms with Crippen molar-refractivity contribution >= 4 is 11.8 Å². The Morgan fingerprint density at radius 1 is 1.44 bits per heavy atom. The molecule has 94 valence electrons. The van der Waals surface area contributed by atoms with Crippen molar-refractivity contribution in [2.75, 3.05) is 6.61 Å². The molecule has 2 atom stereocenters. The number of nitrogens with zero attached hydrogens (tertiary/aromatic N) is 3. The van der Waals surface area contributed by atoms with Crippen molar-refractivity contribution in [1.82, 2.24) is 14.8 Å². The SMILES string of the molecule is Cn1ncnc1SC1COc2ccccc2C1N. The Kier molecular flexibility index (Phi) is 2.97. The molecule has 18 heavy (non-hydrogen) atoms. The summed E-state index contributed by atoms with van der Waals surface area (Å²) in [6.07, 6.45) is 1.55. The summed E-state index contributed by atoms with van der Waals surface area (Å²) >= 11 is 1.61. The molecular formula is C12H14N4OS. The van der Waals surface area contributed by atoms with E-state index >= 15 is 0 Å². The van der Waals surface area contributed by atoms with E-state index in [2.05, 4.69) is 10.1 Å². The van der Waals surface area contributed by atoms with Gasteiger partial charge in [-0.1, -0.05) is 30.0 Å². The van der Waals surface area contributed by atoms with Crippen molar-refractivity contribution in [2.45, 2.75) is 16.4 Å². The molecule has 6 heteroatoms. The Hall–Kier alpha value is -1.53. The van der Waals surface area contributed by atoms with Crippen LogP contribution in [0.4, 0.5) is 0 Å². The quantitative estimate of drug-likeness (QED) is 0.885. The first-order valence-electron chi connectivity index (χ1n) is 5.73. The minimum atomic E-state index is -0.0448. The normalized spacial score (nSPS) is 22.3. The second-order valence-corrected chi connectivity index (χ2v) is 5.40. The number of fused-ring (bicyclic) bond motifs is 1. The van der Waals surface area contributed by atoms with Crippen LogP contribution < -0.4 is 10.5 Å².